The summed E-state index contributed by atoms with van der Waals surface area (Å²) in [4.78, 5) is 44.1. The Morgan fingerprint density at radius 3 is 2.46 bits per heavy atom. The minimum Gasteiger partial charge on any atom is -0.341 e. The Kier molecular flexibility index (Phi) is 8.32. The highest BCUT2D eigenvalue weighted by Gasteiger charge is 2.28. The molecule has 0 fully saturated rings. The van der Waals surface area contributed by atoms with Gasteiger partial charge in [0.05, 0.1) is 0 Å². The smallest absolute Gasteiger partial charge is 0.274 e. The summed E-state index contributed by atoms with van der Waals surface area (Å²) in [5.74, 6) is -0.895. The lowest BCUT2D eigenvalue weighted by Crippen LogP contribution is -2.36. The number of fused-ring (bicyclic) bond motifs is 1. The van der Waals surface area contributed by atoms with Crippen molar-refractivity contribution in [2.24, 2.45) is 0 Å². The summed E-state index contributed by atoms with van der Waals surface area (Å²) in [6.07, 6.45) is 0.885. The Labute approximate surface area is 216 Å². The molecule has 1 aromatic heterocycles. The first-order valence-corrected chi connectivity index (χ1v) is 12.5. The summed E-state index contributed by atoms with van der Waals surface area (Å²) >= 11 is 0. The zero-order chi connectivity index (χ0) is 26.4. The van der Waals surface area contributed by atoms with Crippen LogP contribution in [0.25, 0.3) is 0 Å². The number of benzene rings is 2. The number of amides is 3. The third-order valence-corrected chi connectivity index (χ3v) is 6.54. The minimum atomic E-state index is -0.322. The van der Waals surface area contributed by atoms with E-state index in [1.54, 1.807) is 44.6 Å². The quantitative estimate of drug-likeness (QED) is 0.445. The van der Waals surface area contributed by atoms with Gasteiger partial charge in [0.2, 0.25) is 5.91 Å². The SMILES string of the molecule is CCN(CCC(=O)N(C)Cc1ccccc1)C(=O)c1cc2n(n1)CCCN(Cc1ccc(F)cc1)C2=O. The van der Waals surface area contributed by atoms with Gasteiger partial charge in [-0.15, -0.1) is 0 Å². The van der Waals surface area contributed by atoms with Gasteiger partial charge in [0, 0.05) is 58.8 Å². The van der Waals surface area contributed by atoms with Crippen molar-refractivity contribution in [2.75, 3.05) is 26.7 Å². The van der Waals surface area contributed by atoms with Crippen molar-refractivity contribution in [3.8, 4) is 0 Å². The first-order valence-electron chi connectivity index (χ1n) is 12.5. The zero-order valence-corrected chi connectivity index (χ0v) is 21.3. The molecule has 0 saturated heterocycles. The van der Waals surface area contributed by atoms with E-state index >= 15 is 0 Å². The molecule has 1 aliphatic rings. The number of aryl methyl sites for hydroxylation is 1. The Balaban J connectivity index is 1.39. The second-order valence-electron chi connectivity index (χ2n) is 9.21. The van der Waals surface area contributed by atoms with Crippen LogP contribution in [0.5, 0.6) is 0 Å². The monoisotopic (exact) mass is 505 g/mol. The van der Waals surface area contributed by atoms with E-state index in [9.17, 15) is 18.8 Å². The molecule has 3 aromatic rings. The van der Waals surface area contributed by atoms with Crippen LogP contribution >= 0.6 is 0 Å². The van der Waals surface area contributed by atoms with E-state index in [2.05, 4.69) is 5.10 Å². The van der Waals surface area contributed by atoms with E-state index in [1.807, 2.05) is 37.3 Å². The summed E-state index contributed by atoms with van der Waals surface area (Å²) < 4.78 is 14.8. The third-order valence-electron chi connectivity index (χ3n) is 6.54. The van der Waals surface area contributed by atoms with E-state index < -0.39 is 0 Å². The maximum atomic E-state index is 13.3. The summed E-state index contributed by atoms with van der Waals surface area (Å²) in [5, 5.41) is 4.43. The fraction of sp³-hybridized carbons (Fsp3) is 0.357. The van der Waals surface area contributed by atoms with Crippen LogP contribution in [0, 0.1) is 5.82 Å². The molecule has 2 heterocycles. The van der Waals surface area contributed by atoms with Crippen LogP contribution in [-0.2, 0) is 24.4 Å². The summed E-state index contributed by atoms with van der Waals surface area (Å²) in [7, 11) is 1.75. The number of halogens is 1. The molecule has 0 atom stereocenters. The standard InChI is InChI=1S/C28H32FN5O3/c1-3-32(17-14-26(35)31(2)19-21-8-5-4-6-9-21)27(36)24-18-25-28(37)33(15-7-16-34(25)30-24)20-22-10-12-23(29)13-11-22/h4-6,8-13,18H,3,7,14-17,19-20H2,1-2H3. The van der Waals surface area contributed by atoms with Crippen LogP contribution in [0.2, 0.25) is 0 Å². The van der Waals surface area contributed by atoms with Crippen LogP contribution < -0.4 is 0 Å². The van der Waals surface area contributed by atoms with E-state index in [0.29, 0.717) is 44.8 Å². The lowest BCUT2D eigenvalue weighted by Gasteiger charge is -2.22. The molecule has 8 nitrogen and oxygen atoms in total. The number of carbonyl (C=O) groups excluding carboxylic acids is 3. The number of nitrogens with zero attached hydrogens (tertiary/aromatic N) is 5. The fourth-order valence-corrected chi connectivity index (χ4v) is 4.43. The van der Waals surface area contributed by atoms with E-state index in [-0.39, 0.29) is 42.2 Å². The largest absolute Gasteiger partial charge is 0.341 e. The summed E-state index contributed by atoms with van der Waals surface area (Å²) in [6, 6.07) is 17.4. The maximum absolute atomic E-state index is 13.3. The van der Waals surface area contributed by atoms with Crippen molar-refractivity contribution in [3.63, 3.8) is 0 Å². The molecule has 0 saturated carbocycles. The Morgan fingerprint density at radius 2 is 1.76 bits per heavy atom. The number of hydrogen-bond donors (Lipinski definition) is 0. The summed E-state index contributed by atoms with van der Waals surface area (Å²) in [5.41, 5.74) is 2.43. The molecule has 3 amide bonds. The van der Waals surface area contributed by atoms with Gasteiger partial charge < -0.3 is 14.7 Å². The predicted octanol–water partition coefficient (Wildman–Crippen LogP) is 3.58. The molecule has 4 rings (SSSR count). The highest BCUT2D eigenvalue weighted by atomic mass is 19.1. The van der Waals surface area contributed by atoms with Gasteiger partial charge in [-0.2, -0.15) is 5.10 Å². The Morgan fingerprint density at radius 1 is 1.03 bits per heavy atom. The number of carbonyl (C=O) groups is 3. The van der Waals surface area contributed by atoms with Crippen LogP contribution in [0.15, 0.2) is 60.7 Å². The van der Waals surface area contributed by atoms with E-state index in [4.69, 9.17) is 0 Å². The van der Waals surface area contributed by atoms with Crippen molar-refractivity contribution in [2.45, 2.75) is 39.4 Å². The molecule has 0 aliphatic carbocycles. The van der Waals surface area contributed by atoms with Crippen LogP contribution in [0.4, 0.5) is 4.39 Å². The van der Waals surface area contributed by atoms with Crippen molar-refractivity contribution in [1.82, 2.24) is 24.5 Å². The van der Waals surface area contributed by atoms with Gasteiger partial charge in [-0.3, -0.25) is 19.1 Å². The van der Waals surface area contributed by atoms with Gasteiger partial charge in [0.25, 0.3) is 11.8 Å². The molecule has 0 bridgehead atoms. The van der Waals surface area contributed by atoms with Crippen molar-refractivity contribution < 1.29 is 18.8 Å². The van der Waals surface area contributed by atoms with Gasteiger partial charge >= 0.3 is 0 Å². The number of hydrogen-bond acceptors (Lipinski definition) is 4. The molecule has 37 heavy (non-hydrogen) atoms. The highest BCUT2D eigenvalue weighted by Crippen LogP contribution is 2.18. The molecular formula is C28H32FN5O3. The molecule has 0 spiro atoms. The van der Waals surface area contributed by atoms with Gasteiger partial charge in [0.1, 0.15) is 11.5 Å². The summed E-state index contributed by atoms with van der Waals surface area (Å²) in [6.45, 7) is 4.46. The highest BCUT2D eigenvalue weighted by molar-refractivity contribution is 5.98. The normalized spacial score (nSPS) is 13.2. The molecule has 9 heteroatoms. The predicted molar refractivity (Wildman–Crippen MR) is 137 cm³/mol. The Hall–Kier alpha value is -4.01. The first kappa shape index (κ1) is 26.1. The lowest BCUT2D eigenvalue weighted by molar-refractivity contribution is -0.130. The third kappa shape index (κ3) is 6.41. The average molecular weight is 506 g/mol. The lowest BCUT2D eigenvalue weighted by atomic mass is 10.2. The Bertz CT molecular complexity index is 1240. The molecular weight excluding hydrogens is 473 g/mol. The second-order valence-corrected chi connectivity index (χ2v) is 9.21. The van der Waals surface area contributed by atoms with Crippen LogP contribution in [-0.4, -0.2) is 68.9 Å². The number of aromatic nitrogens is 2. The number of rotatable bonds is 9. The van der Waals surface area contributed by atoms with Crippen molar-refractivity contribution >= 4 is 17.7 Å². The average Bonchev–Trinajstić information content (AvgIpc) is 3.27. The molecule has 0 radical (unpaired) electrons. The van der Waals surface area contributed by atoms with Crippen molar-refractivity contribution in [3.05, 3.63) is 89.0 Å². The zero-order valence-electron chi connectivity index (χ0n) is 21.3. The van der Waals surface area contributed by atoms with Crippen LogP contribution in [0.1, 0.15) is 51.9 Å². The molecule has 1 aliphatic heterocycles. The molecule has 194 valence electrons. The fourth-order valence-electron chi connectivity index (χ4n) is 4.43. The molecule has 0 unspecified atom stereocenters. The molecule has 0 N–H and O–H groups in total. The maximum Gasteiger partial charge on any atom is 0.274 e. The van der Waals surface area contributed by atoms with Crippen LogP contribution in [0.3, 0.4) is 0 Å². The van der Waals surface area contributed by atoms with Gasteiger partial charge in [-0.1, -0.05) is 42.5 Å². The topological polar surface area (TPSA) is 78.8 Å². The van der Waals surface area contributed by atoms with Gasteiger partial charge in [0.15, 0.2) is 5.69 Å². The van der Waals surface area contributed by atoms with Gasteiger partial charge in [-0.05, 0) is 36.6 Å². The first-order chi connectivity index (χ1) is 17.9. The minimum absolute atomic E-state index is 0.0534. The second kappa shape index (κ2) is 11.8. The van der Waals surface area contributed by atoms with Crippen molar-refractivity contribution in [1.29, 1.82) is 0 Å². The van der Waals surface area contributed by atoms with Gasteiger partial charge in [-0.25, -0.2) is 4.39 Å². The van der Waals surface area contributed by atoms with E-state index in [0.717, 1.165) is 11.1 Å². The molecule has 2 aromatic carbocycles. The van der Waals surface area contributed by atoms with E-state index in [1.165, 1.54) is 12.1 Å².